The maximum Gasteiger partial charge on any atom is 0.276 e. The quantitative estimate of drug-likeness (QED) is 0.791. The van der Waals surface area contributed by atoms with Crippen LogP contribution < -0.4 is 10.9 Å². The highest BCUT2D eigenvalue weighted by molar-refractivity contribution is 6.31. The van der Waals surface area contributed by atoms with Crippen LogP contribution in [-0.2, 0) is 6.54 Å². The van der Waals surface area contributed by atoms with Crippen LogP contribution >= 0.6 is 11.6 Å². The van der Waals surface area contributed by atoms with Gasteiger partial charge in [-0.1, -0.05) is 35.9 Å². The van der Waals surface area contributed by atoms with Crippen LogP contribution in [0.25, 0.3) is 10.8 Å². The minimum atomic E-state index is -0.376. The van der Waals surface area contributed by atoms with Gasteiger partial charge in [-0.05, 0) is 37.6 Å². The number of amides is 1. The summed E-state index contributed by atoms with van der Waals surface area (Å²) in [7, 11) is 0. The third-order valence-corrected chi connectivity index (χ3v) is 4.31. The summed E-state index contributed by atoms with van der Waals surface area (Å²) < 4.78 is 1.29. The molecule has 0 aliphatic heterocycles. The molecule has 3 aromatic rings. The molecule has 2 aromatic carbocycles. The third kappa shape index (κ3) is 2.78. The van der Waals surface area contributed by atoms with E-state index in [0.717, 1.165) is 5.56 Å². The number of halogens is 1. The number of benzene rings is 2. The standard InChI is InChI=1S/C18H16ClN3O2/c1-3-22-18(24)13-8-5-4-7-12(13)16(21-22)17(23)20-15-10-6-9-14(19)11(15)2/h4-10H,3H2,1-2H3,(H,20,23). The predicted molar refractivity (Wildman–Crippen MR) is 95.8 cm³/mol. The fourth-order valence-electron chi connectivity index (χ4n) is 2.54. The second-order valence-electron chi connectivity index (χ2n) is 5.38. The number of nitrogens with one attached hydrogen (secondary N) is 1. The lowest BCUT2D eigenvalue weighted by Crippen LogP contribution is -2.27. The Bertz CT molecular complexity index is 995. The molecule has 1 amide bonds. The molecular weight excluding hydrogens is 326 g/mol. The summed E-state index contributed by atoms with van der Waals surface area (Å²) in [5.41, 5.74) is 1.41. The number of carbonyl (C=O) groups is 1. The molecule has 0 unspecified atom stereocenters. The van der Waals surface area contributed by atoms with Gasteiger partial charge in [-0.15, -0.1) is 0 Å². The molecule has 5 nitrogen and oxygen atoms in total. The Hall–Kier alpha value is -2.66. The first-order chi connectivity index (χ1) is 11.5. The van der Waals surface area contributed by atoms with E-state index in [1.54, 1.807) is 42.5 Å². The summed E-state index contributed by atoms with van der Waals surface area (Å²) in [5.74, 6) is -0.376. The van der Waals surface area contributed by atoms with E-state index in [0.29, 0.717) is 28.0 Å². The van der Waals surface area contributed by atoms with Crippen LogP contribution in [0.1, 0.15) is 23.0 Å². The van der Waals surface area contributed by atoms with Crippen molar-refractivity contribution in [1.29, 1.82) is 0 Å². The molecule has 0 saturated heterocycles. The molecular formula is C18H16ClN3O2. The summed E-state index contributed by atoms with van der Waals surface area (Å²) in [5, 5.41) is 8.63. The maximum atomic E-state index is 12.7. The van der Waals surface area contributed by atoms with E-state index in [1.165, 1.54) is 4.68 Å². The number of anilines is 1. The molecule has 0 aliphatic rings. The second-order valence-corrected chi connectivity index (χ2v) is 5.79. The van der Waals surface area contributed by atoms with Crippen LogP contribution in [0.2, 0.25) is 5.02 Å². The molecule has 0 bridgehead atoms. The molecule has 24 heavy (non-hydrogen) atoms. The van der Waals surface area contributed by atoms with E-state index in [1.807, 2.05) is 13.8 Å². The Morgan fingerprint density at radius 3 is 2.58 bits per heavy atom. The van der Waals surface area contributed by atoms with E-state index in [-0.39, 0.29) is 17.2 Å². The minimum Gasteiger partial charge on any atom is -0.320 e. The van der Waals surface area contributed by atoms with Crippen LogP contribution in [0.5, 0.6) is 0 Å². The highest BCUT2D eigenvalue weighted by Gasteiger charge is 2.17. The van der Waals surface area contributed by atoms with Crippen molar-refractivity contribution < 1.29 is 4.79 Å². The van der Waals surface area contributed by atoms with Gasteiger partial charge in [0, 0.05) is 22.6 Å². The zero-order valence-electron chi connectivity index (χ0n) is 13.3. The van der Waals surface area contributed by atoms with E-state index in [2.05, 4.69) is 10.4 Å². The summed E-state index contributed by atoms with van der Waals surface area (Å²) in [4.78, 5) is 25.1. The monoisotopic (exact) mass is 341 g/mol. The Kier molecular flexibility index (Phi) is 4.36. The number of nitrogens with zero attached hydrogens (tertiary/aromatic N) is 2. The smallest absolute Gasteiger partial charge is 0.276 e. The van der Waals surface area contributed by atoms with Crippen molar-refractivity contribution in [2.24, 2.45) is 0 Å². The van der Waals surface area contributed by atoms with Crippen molar-refractivity contribution in [1.82, 2.24) is 9.78 Å². The Balaban J connectivity index is 2.12. The zero-order chi connectivity index (χ0) is 17.3. The van der Waals surface area contributed by atoms with Gasteiger partial charge in [0.2, 0.25) is 0 Å². The average Bonchev–Trinajstić information content (AvgIpc) is 2.59. The predicted octanol–water partition coefficient (Wildman–Crippen LogP) is 3.63. The Morgan fingerprint density at radius 1 is 1.17 bits per heavy atom. The van der Waals surface area contributed by atoms with Crippen LogP contribution in [0.15, 0.2) is 47.3 Å². The van der Waals surface area contributed by atoms with Crippen molar-refractivity contribution in [2.75, 3.05) is 5.32 Å². The highest BCUT2D eigenvalue weighted by atomic mass is 35.5. The molecule has 1 N–H and O–H groups in total. The van der Waals surface area contributed by atoms with E-state index >= 15 is 0 Å². The lowest BCUT2D eigenvalue weighted by molar-refractivity contribution is 0.102. The normalized spacial score (nSPS) is 10.8. The molecule has 0 atom stereocenters. The zero-order valence-corrected chi connectivity index (χ0v) is 14.1. The first kappa shape index (κ1) is 16.2. The number of rotatable bonds is 3. The summed E-state index contributed by atoms with van der Waals surface area (Å²) >= 11 is 6.09. The van der Waals surface area contributed by atoms with Gasteiger partial charge in [0.05, 0.1) is 5.39 Å². The lowest BCUT2D eigenvalue weighted by Gasteiger charge is -2.12. The van der Waals surface area contributed by atoms with Crippen molar-refractivity contribution in [2.45, 2.75) is 20.4 Å². The summed E-state index contributed by atoms with van der Waals surface area (Å²) in [6.45, 7) is 4.03. The fourth-order valence-corrected chi connectivity index (χ4v) is 2.72. The van der Waals surface area contributed by atoms with Gasteiger partial charge >= 0.3 is 0 Å². The van der Waals surface area contributed by atoms with Gasteiger partial charge in [-0.3, -0.25) is 9.59 Å². The van der Waals surface area contributed by atoms with Crippen molar-refractivity contribution in [3.63, 3.8) is 0 Å². The number of aryl methyl sites for hydroxylation is 1. The number of aromatic nitrogens is 2. The number of hydrogen-bond acceptors (Lipinski definition) is 3. The number of carbonyl (C=O) groups excluding carboxylic acids is 1. The van der Waals surface area contributed by atoms with Gasteiger partial charge in [-0.25, -0.2) is 4.68 Å². The van der Waals surface area contributed by atoms with Crippen LogP contribution in [-0.4, -0.2) is 15.7 Å². The summed E-state index contributed by atoms with van der Waals surface area (Å²) in [6.07, 6.45) is 0. The first-order valence-corrected chi connectivity index (χ1v) is 7.97. The molecule has 1 heterocycles. The average molecular weight is 342 g/mol. The van der Waals surface area contributed by atoms with E-state index < -0.39 is 0 Å². The third-order valence-electron chi connectivity index (χ3n) is 3.90. The molecule has 0 fully saturated rings. The van der Waals surface area contributed by atoms with Crippen LogP contribution in [0.4, 0.5) is 5.69 Å². The molecule has 6 heteroatoms. The Morgan fingerprint density at radius 2 is 1.88 bits per heavy atom. The molecule has 0 aliphatic carbocycles. The topological polar surface area (TPSA) is 64.0 Å². The van der Waals surface area contributed by atoms with Gasteiger partial charge in [0.15, 0.2) is 5.69 Å². The molecule has 0 saturated carbocycles. The largest absolute Gasteiger partial charge is 0.320 e. The minimum absolute atomic E-state index is 0.205. The van der Waals surface area contributed by atoms with Crippen molar-refractivity contribution in [3.8, 4) is 0 Å². The SMILES string of the molecule is CCn1nc(C(=O)Nc2cccc(Cl)c2C)c2ccccc2c1=O. The van der Waals surface area contributed by atoms with Crippen molar-refractivity contribution in [3.05, 3.63) is 69.1 Å². The van der Waals surface area contributed by atoms with Gasteiger partial charge < -0.3 is 5.32 Å². The van der Waals surface area contributed by atoms with E-state index in [4.69, 9.17) is 11.6 Å². The molecule has 3 rings (SSSR count). The molecule has 1 aromatic heterocycles. The molecule has 0 spiro atoms. The fraction of sp³-hybridized carbons (Fsp3) is 0.167. The van der Waals surface area contributed by atoms with Gasteiger partial charge in [-0.2, -0.15) is 5.10 Å². The highest BCUT2D eigenvalue weighted by Crippen LogP contribution is 2.24. The van der Waals surface area contributed by atoms with Gasteiger partial charge in [0.25, 0.3) is 11.5 Å². The van der Waals surface area contributed by atoms with Crippen molar-refractivity contribution >= 4 is 34.0 Å². The van der Waals surface area contributed by atoms with Gasteiger partial charge in [0.1, 0.15) is 0 Å². The molecule has 0 radical (unpaired) electrons. The van der Waals surface area contributed by atoms with Crippen LogP contribution in [0.3, 0.4) is 0 Å². The lowest BCUT2D eigenvalue weighted by atomic mass is 10.1. The molecule has 122 valence electrons. The Labute approximate surface area is 143 Å². The maximum absolute atomic E-state index is 12.7. The summed E-state index contributed by atoms with van der Waals surface area (Å²) in [6, 6.07) is 12.3. The first-order valence-electron chi connectivity index (χ1n) is 7.59. The van der Waals surface area contributed by atoms with E-state index in [9.17, 15) is 9.59 Å². The van der Waals surface area contributed by atoms with Crippen LogP contribution in [0, 0.1) is 6.92 Å². The number of fused-ring (bicyclic) bond motifs is 1. The number of hydrogen-bond donors (Lipinski definition) is 1. The second kappa shape index (κ2) is 6.45.